The van der Waals surface area contributed by atoms with Gasteiger partial charge in [-0.25, -0.2) is 23.7 Å². The van der Waals surface area contributed by atoms with E-state index in [1.165, 1.54) is 6.07 Å². The molecule has 0 saturated carbocycles. The Morgan fingerprint density at radius 1 is 1.20 bits per heavy atom. The van der Waals surface area contributed by atoms with Crippen LogP contribution in [-0.2, 0) is 0 Å². The third-order valence-electron chi connectivity index (χ3n) is 4.43. The topological polar surface area (TPSA) is 108 Å². The van der Waals surface area contributed by atoms with Gasteiger partial charge in [0.15, 0.2) is 5.65 Å². The third-order valence-corrected chi connectivity index (χ3v) is 4.43. The number of fused-ring (bicyclic) bond motifs is 1. The van der Waals surface area contributed by atoms with E-state index in [0.717, 1.165) is 5.56 Å². The molecule has 3 heterocycles. The Morgan fingerprint density at radius 2 is 2.07 bits per heavy atom. The van der Waals surface area contributed by atoms with Crippen molar-refractivity contribution < 1.29 is 9.18 Å². The van der Waals surface area contributed by atoms with Crippen LogP contribution in [0.25, 0.3) is 28.2 Å². The number of benzene rings is 1. The highest BCUT2D eigenvalue weighted by molar-refractivity contribution is 5.90. The minimum absolute atomic E-state index is 0.114. The number of anilines is 1. The number of hydrogen-bond acceptors (Lipinski definition) is 5. The number of nitriles is 1. The lowest BCUT2D eigenvalue weighted by Crippen LogP contribution is -2.29. The van der Waals surface area contributed by atoms with Crippen LogP contribution in [0.2, 0.25) is 0 Å². The highest BCUT2D eigenvalue weighted by atomic mass is 19.1. The first-order valence-electron chi connectivity index (χ1n) is 9.05. The van der Waals surface area contributed by atoms with E-state index >= 15 is 0 Å². The van der Waals surface area contributed by atoms with Crippen molar-refractivity contribution >= 4 is 17.5 Å². The zero-order chi connectivity index (χ0) is 21.1. The number of aryl methyl sites for hydroxylation is 1. The number of halogens is 1. The van der Waals surface area contributed by atoms with E-state index in [4.69, 9.17) is 5.26 Å². The Balaban J connectivity index is 1.82. The number of imidazole rings is 1. The van der Waals surface area contributed by atoms with E-state index in [1.54, 1.807) is 54.2 Å². The van der Waals surface area contributed by atoms with Crippen molar-refractivity contribution in [3.05, 3.63) is 66.2 Å². The minimum atomic E-state index is -0.535. The van der Waals surface area contributed by atoms with Crippen molar-refractivity contribution in [2.24, 2.45) is 0 Å². The zero-order valence-corrected chi connectivity index (χ0v) is 15.9. The fraction of sp³-hybridized carbons (Fsp3) is 0.0952. The molecule has 148 valence electrons. The number of amides is 2. The lowest BCUT2D eigenvalue weighted by molar-refractivity contribution is 0.253. The first-order valence-corrected chi connectivity index (χ1v) is 9.05. The lowest BCUT2D eigenvalue weighted by Gasteiger charge is -2.09. The summed E-state index contributed by atoms with van der Waals surface area (Å²) in [6.45, 7) is 1.58. The molecular formula is C21H16FN7O. The monoisotopic (exact) mass is 401 g/mol. The summed E-state index contributed by atoms with van der Waals surface area (Å²) in [4.78, 5) is 20.7. The lowest BCUT2D eigenvalue weighted by atomic mass is 10.0. The second-order valence-electron chi connectivity index (χ2n) is 6.46. The Bertz CT molecular complexity index is 1290. The molecule has 0 saturated heterocycles. The molecule has 9 heteroatoms. The molecule has 2 N–H and O–H groups in total. The standard InChI is InChI=1S/C21H16FN7O/c1-13-11-14(4-5-16(13)22)19-20(29-18(28-19)3-2-8-26-29)15-6-9-24-17(12-15)27-21(30)25-10-7-23/h2-6,8-9,11-12H,10H2,1H3,(H2,24,25,27,30). The van der Waals surface area contributed by atoms with Crippen LogP contribution in [0.1, 0.15) is 5.56 Å². The van der Waals surface area contributed by atoms with E-state index < -0.39 is 6.03 Å². The minimum Gasteiger partial charge on any atom is -0.325 e. The molecule has 0 fully saturated rings. The average molecular weight is 401 g/mol. The molecule has 30 heavy (non-hydrogen) atoms. The van der Waals surface area contributed by atoms with Crippen LogP contribution in [0, 0.1) is 24.1 Å². The molecule has 0 spiro atoms. The molecule has 0 aliphatic carbocycles. The van der Waals surface area contributed by atoms with Crippen LogP contribution in [0.4, 0.5) is 15.0 Å². The summed E-state index contributed by atoms with van der Waals surface area (Å²) in [6.07, 6.45) is 3.20. The molecular weight excluding hydrogens is 385 g/mol. The van der Waals surface area contributed by atoms with E-state index in [0.29, 0.717) is 34.0 Å². The Labute approximate surface area is 171 Å². The molecule has 0 unspecified atom stereocenters. The second kappa shape index (κ2) is 7.97. The largest absolute Gasteiger partial charge is 0.325 e. The molecule has 0 bridgehead atoms. The summed E-state index contributed by atoms with van der Waals surface area (Å²) >= 11 is 0. The number of urea groups is 1. The van der Waals surface area contributed by atoms with E-state index in [1.807, 2.05) is 12.1 Å². The Hall–Kier alpha value is -4.32. The van der Waals surface area contributed by atoms with Gasteiger partial charge in [0.2, 0.25) is 0 Å². The van der Waals surface area contributed by atoms with Gasteiger partial charge in [-0.1, -0.05) is 0 Å². The summed E-state index contributed by atoms with van der Waals surface area (Å²) < 4.78 is 15.5. The van der Waals surface area contributed by atoms with Crippen LogP contribution in [0.5, 0.6) is 0 Å². The quantitative estimate of drug-likeness (QED) is 0.509. The van der Waals surface area contributed by atoms with E-state index in [9.17, 15) is 9.18 Å². The summed E-state index contributed by atoms with van der Waals surface area (Å²) in [7, 11) is 0. The number of nitrogens with one attached hydrogen (secondary N) is 2. The van der Waals surface area contributed by atoms with Crippen LogP contribution in [0.15, 0.2) is 54.9 Å². The third kappa shape index (κ3) is 3.66. The van der Waals surface area contributed by atoms with Crippen molar-refractivity contribution in [1.82, 2.24) is 24.9 Å². The predicted octanol–water partition coefficient (Wildman–Crippen LogP) is 3.55. The van der Waals surface area contributed by atoms with Gasteiger partial charge in [-0.2, -0.15) is 10.4 Å². The summed E-state index contributed by atoms with van der Waals surface area (Å²) in [5, 5.41) is 18.0. The van der Waals surface area contributed by atoms with Gasteiger partial charge in [0, 0.05) is 23.5 Å². The molecule has 0 aliphatic heterocycles. The molecule has 4 rings (SSSR count). The number of aromatic nitrogens is 4. The number of carbonyl (C=O) groups excluding carboxylic acids is 1. The first kappa shape index (κ1) is 19.0. The summed E-state index contributed by atoms with van der Waals surface area (Å²) in [5.41, 5.74) is 3.90. The summed E-state index contributed by atoms with van der Waals surface area (Å²) in [6, 6.07) is 13.2. The Morgan fingerprint density at radius 3 is 2.87 bits per heavy atom. The second-order valence-corrected chi connectivity index (χ2v) is 6.46. The first-order chi connectivity index (χ1) is 14.6. The van der Waals surface area contributed by atoms with Crippen molar-refractivity contribution in [3.8, 4) is 28.6 Å². The molecule has 8 nitrogen and oxygen atoms in total. The maximum Gasteiger partial charge on any atom is 0.321 e. The average Bonchev–Trinajstić information content (AvgIpc) is 3.14. The van der Waals surface area contributed by atoms with Gasteiger partial charge in [-0.15, -0.1) is 0 Å². The van der Waals surface area contributed by atoms with Gasteiger partial charge in [0.05, 0.1) is 11.8 Å². The fourth-order valence-corrected chi connectivity index (χ4v) is 3.07. The van der Waals surface area contributed by atoms with Crippen molar-refractivity contribution in [2.45, 2.75) is 6.92 Å². The fourth-order valence-electron chi connectivity index (χ4n) is 3.07. The number of hydrogen-bond donors (Lipinski definition) is 2. The van der Waals surface area contributed by atoms with Crippen LogP contribution in [-0.4, -0.2) is 32.2 Å². The molecule has 0 atom stereocenters. The van der Waals surface area contributed by atoms with Crippen molar-refractivity contribution in [1.29, 1.82) is 5.26 Å². The molecule has 4 aromatic rings. The van der Waals surface area contributed by atoms with Crippen LogP contribution >= 0.6 is 0 Å². The summed E-state index contributed by atoms with van der Waals surface area (Å²) in [5.74, 6) is 0.0102. The molecule has 3 aromatic heterocycles. The van der Waals surface area contributed by atoms with Gasteiger partial charge in [-0.3, -0.25) is 5.32 Å². The normalized spacial score (nSPS) is 10.6. The predicted molar refractivity (Wildman–Crippen MR) is 109 cm³/mol. The molecule has 0 radical (unpaired) electrons. The maximum absolute atomic E-state index is 13.8. The number of pyridine rings is 1. The zero-order valence-electron chi connectivity index (χ0n) is 15.9. The van der Waals surface area contributed by atoms with Crippen LogP contribution < -0.4 is 10.6 Å². The van der Waals surface area contributed by atoms with Crippen molar-refractivity contribution in [2.75, 3.05) is 11.9 Å². The van der Waals surface area contributed by atoms with Gasteiger partial charge in [0.1, 0.15) is 23.9 Å². The number of nitrogens with zero attached hydrogens (tertiary/aromatic N) is 5. The maximum atomic E-state index is 13.8. The molecule has 0 aliphatic rings. The highest BCUT2D eigenvalue weighted by Gasteiger charge is 2.18. The SMILES string of the molecule is Cc1cc(-c2nc3cccnn3c2-c2ccnc(NC(=O)NCC#N)c2)ccc1F. The molecule has 2 amide bonds. The number of rotatable bonds is 4. The van der Waals surface area contributed by atoms with Gasteiger partial charge in [0.25, 0.3) is 0 Å². The van der Waals surface area contributed by atoms with Crippen molar-refractivity contribution in [3.63, 3.8) is 0 Å². The van der Waals surface area contributed by atoms with Crippen LogP contribution in [0.3, 0.4) is 0 Å². The number of carbonyl (C=O) groups is 1. The van der Waals surface area contributed by atoms with E-state index in [-0.39, 0.29) is 12.4 Å². The smallest absolute Gasteiger partial charge is 0.321 e. The molecule has 1 aromatic carbocycles. The van der Waals surface area contributed by atoms with Gasteiger partial charge < -0.3 is 5.32 Å². The van der Waals surface area contributed by atoms with Gasteiger partial charge >= 0.3 is 6.03 Å². The van der Waals surface area contributed by atoms with Gasteiger partial charge in [-0.05, 0) is 55.0 Å². The highest BCUT2D eigenvalue weighted by Crippen LogP contribution is 2.33. The Kier molecular flexibility index (Phi) is 5.05. The van der Waals surface area contributed by atoms with E-state index in [2.05, 4.69) is 25.7 Å².